The number of nitrogens with zero attached hydrogens (tertiary/aromatic N) is 1. The summed E-state index contributed by atoms with van der Waals surface area (Å²) in [6.45, 7) is 0. The van der Waals surface area contributed by atoms with Crippen LogP contribution < -0.4 is 10.6 Å². The van der Waals surface area contributed by atoms with Crippen molar-refractivity contribution < 1.29 is 13.6 Å². The number of benzene rings is 2. The van der Waals surface area contributed by atoms with E-state index in [0.717, 1.165) is 0 Å². The molecule has 92 valence electrons. The second-order valence-corrected chi connectivity index (χ2v) is 3.63. The minimum atomic E-state index is -0.729. The molecule has 0 bridgehead atoms. The van der Waals surface area contributed by atoms with Gasteiger partial charge in [0.05, 0.1) is 11.4 Å². The number of anilines is 2. The topological polar surface area (TPSA) is 46.3 Å². The quantitative estimate of drug-likeness (QED) is 0.871. The van der Waals surface area contributed by atoms with E-state index in [1.54, 1.807) is 0 Å². The first-order valence-corrected chi connectivity index (χ1v) is 5.18. The molecule has 0 atom stereocenters. The Hall–Kier alpha value is -2.43. The third-order valence-electron chi connectivity index (χ3n) is 2.39. The Balaban J connectivity index is 2.43. The van der Waals surface area contributed by atoms with Crippen LogP contribution in [-0.4, -0.2) is 6.03 Å². The number of carbonyl (C=O) groups excluding carboxylic acids is 1. The molecular weight excluding hydrogens is 238 g/mol. The molecule has 5 heteroatoms. The van der Waals surface area contributed by atoms with E-state index in [4.69, 9.17) is 5.73 Å². The summed E-state index contributed by atoms with van der Waals surface area (Å²) in [4.78, 5) is 12.6. The standard InChI is InChI=1S/C13H10F2N2O/c14-9-1-5-11(6-2-9)17(13(16)18)12-7-3-10(15)4-8-12/h1-8H,(H2,16,18). The predicted molar refractivity (Wildman–Crippen MR) is 64.5 cm³/mol. The Labute approximate surface area is 102 Å². The monoisotopic (exact) mass is 248 g/mol. The van der Waals surface area contributed by atoms with Crippen molar-refractivity contribution in [2.24, 2.45) is 5.73 Å². The third kappa shape index (κ3) is 2.45. The fraction of sp³-hybridized carbons (Fsp3) is 0. The van der Waals surface area contributed by atoms with Crippen LogP contribution in [0.15, 0.2) is 48.5 Å². The number of urea groups is 1. The van der Waals surface area contributed by atoms with Crippen LogP contribution in [-0.2, 0) is 0 Å². The lowest BCUT2D eigenvalue weighted by Crippen LogP contribution is -2.31. The van der Waals surface area contributed by atoms with E-state index < -0.39 is 17.7 Å². The SMILES string of the molecule is NC(=O)N(c1ccc(F)cc1)c1ccc(F)cc1. The minimum absolute atomic E-state index is 0.413. The highest BCUT2D eigenvalue weighted by molar-refractivity contribution is 5.98. The maximum atomic E-state index is 12.8. The molecule has 0 aliphatic carbocycles. The van der Waals surface area contributed by atoms with Gasteiger partial charge in [0, 0.05) is 0 Å². The van der Waals surface area contributed by atoms with Crippen LogP contribution in [0.1, 0.15) is 0 Å². The van der Waals surface area contributed by atoms with E-state index in [1.165, 1.54) is 53.4 Å². The van der Waals surface area contributed by atoms with Crippen LogP contribution in [0.4, 0.5) is 25.0 Å². The number of nitrogens with two attached hydrogens (primary N) is 1. The molecule has 2 aromatic rings. The van der Waals surface area contributed by atoms with Crippen LogP contribution in [0.2, 0.25) is 0 Å². The molecule has 2 aromatic carbocycles. The summed E-state index contributed by atoms with van der Waals surface area (Å²) in [5, 5.41) is 0. The van der Waals surface area contributed by atoms with Crippen LogP contribution in [0.25, 0.3) is 0 Å². The molecule has 3 nitrogen and oxygen atoms in total. The summed E-state index contributed by atoms with van der Waals surface area (Å²) in [5.41, 5.74) is 6.10. The van der Waals surface area contributed by atoms with Crippen LogP contribution in [0.5, 0.6) is 0 Å². The van der Waals surface area contributed by atoms with Gasteiger partial charge in [0.1, 0.15) is 11.6 Å². The van der Waals surface area contributed by atoms with Gasteiger partial charge >= 0.3 is 6.03 Å². The van der Waals surface area contributed by atoms with E-state index in [0.29, 0.717) is 11.4 Å². The molecule has 0 aromatic heterocycles. The molecule has 0 radical (unpaired) electrons. The van der Waals surface area contributed by atoms with Gasteiger partial charge in [-0.15, -0.1) is 0 Å². The highest BCUT2D eigenvalue weighted by Crippen LogP contribution is 2.25. The average molecular weight is 248 g/mol. The van der Waals surface area contributed by atoms with Crippen molar-refractivity contribution in [3.8, 4) is 0 Å². The summed E-state index contributed by atoms with van der Waals surface area (Å²) in [6, 6.07) is 9.82. The number of hydrogen-bond acceptors (Lipinski definition) is 1. The molecule has 0 aliphatic rings. The van der Waals surface area contributed by atoms with Gasteiger partial charge in [-0.3, -0.25) is 4.90 Å². The summed E-state index contributed by atoms with van der Waals surface area (Å²) < 4.78 is 25.6. The van der Waals surface area contributed by atoms with Crippen LogP contribution in [0, 0.1) is 11.6 Å². The van der Waals surface area contributed by atoms with Crippen molar-refractivity contribution in [2.45, 2.75) is 0 Å². The van der Waals surface area contributed by atoms with Crippen molar-refractivity contribution >= 4 is 17.4 Å². The summed E-state index contributed by atoms with van der Waals surface area (Å²) >= 11 is 0. The summed E-state index contributed by atoms with van der Waals surface area (Å²) in [7, 11) is 0. The summed E-state index contributed by atoms with van der Waals surface area (Å²) in [6.07, 6.45) is 0. The summed E-state index contributed by atoms with van der Waals surface area (Å²) in [5.74, 6) is -0.829. The first-order chi connectivity index (χ1) is 8.58. The fourth-order valence-corrected chi connectivity index (χ4v) is 1.58. The lowest BCUT2D eigenvalue weighted by Gasteiger charge is -2.20. The molecule has 18 heavy (non-hydrogen) atoms. The van der Waals surface area contributed by atoms with Gasteiger partial charge in [0.25, 0.3) is 0 Å². The number of primary amides is 1. The molecule has 0 unspecified atom stereocenters. The smallest absolute Gasteiger partial charge is 0.323 e. The Morgan fingerprint density at radius 2 is 1.17 bits per heavy atom. The highest BCUT2D eigenvalue weighted by atomic mass is 19.1. The molecule has 2 amide bonds. The third-order valence-corrected chi connectivity index (χ3v) is 2.39. The number of rotatable bonds is 2. The van der Waals surface area contributed by atoms with Gasteiger partial charge < -0.3 is 5.73 Å². The average Bonchev–Trinajstić information content (AvgIpc) is 2.34. The second-order valence-electron chi connectivity index (χ2n) is 3.63. The van der Waals surface area contributed by atoms with E-state index in [2.05, 4.69) is 0 Å². The Morgan fingerprint density at radius 1 is 0.833 bits per heavy atom. The van der Waals surface area contributed by atoms with Crippen LogP contribution >= 0.6 is 0 Å². The first kappa shape index (κ1) is 12.0. The molecule has 0 spiro atoms. The molecule has 0 fully saturated rings. The van der Waals surface area contributed by atoms with Crippen molar-refractivity contribution in [1.29, 1.82) is 0 Å². The molecule has 2 rings (SSSR count). The fourth-order valence-electron chi connectivity index (χ4n) is 1.58. The number of halogens is 2. The molecule has 0 aliphatic heterocycles. The van der Waals surface area contributed by atoms with Gasteiger partial charge in [-0.1, -0.05) is 0 Å². The number of carbonyl (C=O) groups is 1. The Morgan fingerprint density at radius 3 is 1.44 bits per heavy atom. The van der Waals surface area contributed by atoms with Crippen LogP contribution in [0.3, 0.4) is 0 Å². The lowest BCUT2D eigenvalue weighted by molar-refractivity contribution is 0.256. The molecule has 0 saturated heterocycles. The molecular formula is C13H10F2N2O. The predicted octanol–water partition coefficient (Wildman–Crippen LogP) is 3.18. The Bertz CT molecular complexity index is 507. The van der Waals surface area contributed by atoms with Gasteiger partial charge in [-0.25, -0.2) is 13.6 Å². The van der Waals surface area contributed by atoms with Gasteiger partial charge in [0.15, 0.2) is 0 Å². The first-order valence-electron chi connectivity index (χ1n) is 5.18. The number of hydrogen-bond donors (Lipinski definition) is 1. The zero-order valence-electron chi connectivity index (χ0n) is 9.31. The highest BCUT2D eigenvalue weighted by Gasteiger charge is 2.14. The van der Waals surface area contributed by atoms with Crippen molar-refractivity contribution in [3.63, 3.8) is 0 Å². The van der Waals surface area contributed by atoms with Gasteiger partial charge in [-0.2, -0.15) is 0 Å². The van der Waals surface area contributed by atoms with E-state index >= 15 is 0 Å². The zero-order chi connectivity index (χ0) is 13.1. The van der Waals surface area contributed by atoms with E-state index in [-0.39, 0.29) is 0 Å². The zero-order valence-corrected chi connectivity index (χ0v) is 9.31. The molecule has 2 N–H and O–H groups in total. The van der Waals surface area contributed by atoms with Gasteiger partial charge in [-0.05, 0) is 48.5 Å². The van der Waals surface area contributed by atoms with Gasteiger partial charge in [0.2, 0.25) is 0 Å². The van der Waals surface area contributed by atoms with E-state index in [9.17, 15) is 13.6 Å². The van der Waals surface area contributed by atoms with Crippen molar-refractivity contribution in [3.05, 3.63) is 60.2 Å². The minimum Gasteiger partial charge on any atom is -0.351 e. The van der Waals surface area contributed by atoms with Crippen molar-refractivity contribution in [2.75, 3.05) is 4.90 Å². The molecule has 0 saturated carbocycles. The number of amides is 2. The lowest BCUT2D eigenvalue weighted by atomic mass is 10.2. The largest absolute Gasteiger partial charge is 0.351 e. The second kappa shape index (κ2) is 4.83. The van der Waals surface area contributed by atoms with Crippen molar-refractivity contribution in [1.82, 2.24) is 0 Å². The maximum absolute atomic E-state index is 12.8. The Kier molecular flexibility index (Phi) is 3.23. The normalized spacial score (nSPS) is 10.1. The van der Waals surface area contributed by atoms with E-state index in [1.807, 2.05) is 0 Å². The molecule has 0 heterocycles. The maximum Gasteiger partial charge on any atom is 0.323 e.